The molecule has 1 amide bonds. The first-order chi connectivity index (χ1) is 39.0. The van der Waals surface area contributed by atoms with Crippen LogP contribution in [0.5, 0.6) is 0 Å². The predicted molar refractivity (Wildman–Crippen MR) is 347 cm³/mol. The molecule has 0 saturated carbocycles. The van der Waals surface area contributed by atoms with Crippen LogP contribution in [0.3, 0.4) is 0 Å². The van der Waals surface area contributed by atoms with E-state index in [4.69, 9.17) is 4.74 Å². The Kier molecular flexibility index (Phi) is 66.4. The number of esters is 1. The lowest BCUT2D eigenvalue weighted by molar-refractivity contribution is -0.143. The molecule has 0 aromatic rings. The molecule has 0 aliphatic heterocycles. The summed E-state index contributed by atoms with van der Waals surface area (Å²) in [4.78, 5) is 24.5. The summed E-state index contributed by atoms with van der Waals surface area (Å²) < 4.78 is 5.48. The Bertz CT molecular complexity index is 1320. The number of hydrogen-bond donors (Lipinski definition) is 3. The van der Waals surface area contributed by atoms with E-state index < -0.39 is 12.1 Å². The fourth-order valence-electron chi connectivity index (χ4n) is 10.9. The second-order valence-corrected chi connectivity index (χ2v) is 24.2. The van der Waals surface area contributed by atoms with Gasteiger partial charge in [0.05, 0.1) is 25.4 Å². The molecule has 0 aliphatic carbocycles. The molecule has 0 rings (SSSR count). The van der Waals surface area contributed by atoms with Gasteiger partial charge >= 0.3 is 5.97 Å². The van der Waals surface area contributed by atoms with E-state index in [1.807, 2.05) is 6.08 Å². The zero-order valence-corrected chi connectivity index (χ0v) is 53.1. The maximum absolute atomic E-state index is 12.4. The highest BCUT2D eigenvalue weighted by molar-refractivity contribution is 5.76. The van der Waals surface area contributed by atoms with Crippen molar-refractivity contribution >= 4 is 11.9 Å². The van der Waals surface area contributed by atoms with Gasteiger partial charge in [0, 0.05) is 12.8 Å². The molecular formula is C73H137NO5. The van der Waals surface area contributed by atoms with E-state index in [1.165, 1.54) is 302 Å². The average molecular weight is 1110 g/mol. The second-order valence-electron chi connectivity index (χ2n) is 24.2. The van der Waals surface area contributed by atoms with Crippen molar-refractivity contribution in [1.82, 2.24) is 5.32 Å². The van der Waals surface area contributed by atoms with E-state index in [9.17, 15) is 19.8 Å². The summed E-state index contributed by atoms with van der Waals surface area (Å²) in [6, 6.07) is -0.623. The van der Waals surface area contributed by atoms with Gasteiger partial charge in [0.25, 0.3) is 0 Å². The molecular weight excluding hydrogens is 971 g/mol. The van der Waals surface area contributed by atoms with Crippen molar-refractivity contribution in [3.8, 4) is 0 Å². The third kappa shape index (κ3) is 64.8. The largest absolute Gasteiger partial charge is 0.466 e. The smallest absolute Gasteiger partial charge is 0.305 e. The number of aliphatic hydroxyl groups excluding tert-OH is 2. The minimum Gasteiger partial charge on any atom is -0.466 e. The number of allylic oxidation sites excluding steroid dienone is 7. The molecule has 0 bridgehead atoms. The lowest BCUT2D eigenvalue weighted by Gasteiger charge is -2.20. The van der Waals surface area contributed by atoms with E-state index in [-0.39, 0.29) is 18.5 Å². The third-order valence-corrected chi connectivity index (χ3v) is 16.3. The second kappa shape index (κ2) is 68.3. The van der Waals surface area contributed by atoms with Crippen LogP contribution in [-0.2, 0) is 14.3 Å². The Morgan fingerprint density at radius 1 is 0.354 bits per heavy atom. The van der Waals surface area contributed by atoms with Crippen molar-refractivity contribution in [1.29, 1.82) is 0 Å². The molecule has 79 heavy (non-hydrogen) atoms. The topological polar surface area (TPSA) is 95.9 Å². The van der Waals surface area contributed by atoms with Crippen LogP contribution < -0.4 is 5.32 Å². The van der Waals surface area contributed by atoms with E-state index in [1.54, 1.807) is 6.08 Å². The SMILES string of the molecule is CCC/C=C\C/C=C\CCCCCCCC(=O)OCCCCCCCCCCCCCCCCCCCC/C=C\CCCCCCCCCCCCCCCCCCCC(=O)NC(CO)C(O)/C=C/CCCCCCCCCC. The molecule has 0 fully saturated rings. The lowest BCUT2D eigenvalue weighted by Crippen LogP contribution is -2.45. The van der Waals surface area contributed by atoms with Crippen LogP contribution in [0.25, 0.3) is 0 Å². The quantitative estimate of drug-likeness (QED) is 0.0320. The lowest BCUT2D eigenvalue weighted by atomic mass is 10.0. The summed E-state index contributed by atoms with van der Waals surface area (Å²) in [6.45, 7) is 4.83. The van der Waals surface area contributed by atoms with E-state index in [2.05, 4.69) is 55.6 Å². The van der Waals surface area contributed by atoms with Crippen LogP contribution in [0.4, 0.5) is 0 Å². The number of unbranched alkanes of at least 4 members (excludes halogenated alkanes) is 49. The van der Waals surface area contributed by atoms with Crippen LogP contribution in [0, 0.1) is 0 Å². The Morgan fingerprint density at radius 2 is 0.658 bits per heavy atom. The molecule has 0 spiro atoms. The number of carbonyl (C=O) groups excluding carboxylic acids is 2. The van der Waals surface area contributed by atoms with Gasteiger partial charge in [-0.3, -0.25) is 9.59 Å². The normalized spacial score (nSPS) is 12.8. The van der Waals surface area contributed by atoms with Crippen molar-refractivity contribution < 1.29 is 24.5 Å². The zero-order valence-electron chi connectivity index (χ0n) is 53.1. The molecule has 2 unspecified atom stereocenters. The maximum Gasteiger partial charge on any atom is 0.305 e. The third-order valence-electron chi connectivity index (χ3n) is 16.3. The molecule has 6 heteroatoms. The average Bonchev–Trinajstić information content (AvgIpc) is 3.45. The van der Waals surface area contributed by atoms with Crippen LogP contribution in [0.2, 0.25) is 0 Å². The van der Waals surface area contributed by atoms with Crippen molar-refractivity contribution in [2.45, 2.75) is 392 Å². The van der Waals surface area contributed by atoms with Crippen LogP contribution in [0.15, 0.2) is 48.6 Å². The Morgan fingerprint density at radius 3 is 1.03 bits per heavy atom. The van der Waals surface area contributed by atoms with E-state index >= 15 is 0 Å². The van der Waals surface area contributed by atoms with Gasteiger partial charge in [-0.1, -0.05) is 332 Å². The zero-order chi connectivity index (χ0) is 57.1. The summed E-state index contributed by atoms with van der Waals surface area (Å²) >= 11 is 0. The van der Waals surface area contributed by atoms with Gasteiger partial charge in [-0.15, -0.1) is 0 Å². The summed E-state index contributed by atoms with van der Waals surface area (Å²) in [6.07, 6.45) is 89.4. The first-order valence-electron chi connectivity index (χ1n) is 35.4. The monoisotopic (exact) mass is 1110 g/mol. The number of hydrogen-bond acceptors (Lipinski definition) is 5. The number of rotatable bonds is 66. The number of amides is 1. The van der Waals surface area contributed by atoms with Crippen molar-refractivity contribution in [3.05, 3.63) is 48.6 Å². The molecule has 464 valence electrons. The van der Waals surface area contributed by atoms with Gasteiger partial charge in [-0.25, -0.2) is 0 Å². The molecule has 0 aromatic carbocycles. The fraction of sp³-hybridized carbons (Fsp3) is 0.863. The Labute approximate surface area is 493 Å². The number of ether oxygens (including phenoxy) is 1. The molecule has 2 atom stereocenters. The van der Waals surface area contributed by atoms with Gasteiger partial charge in [0.2, 0.25) is 5.91 Å². The molecule has 3 N–H and O–H groups in total. The summed E-state index contributed by atoms with van der Waals surface area (Å²) in [5.41, 5.74) is 0. The number of nitrogens with one attached hydrogen (secondary N) is 1. The standard InChI is InChI=1S/C73H137NO5/c1-3-5-7-9-11-13-15-43-47-51-55-59-63-67-73(78)79-68-64-60-56-52-48-45-42-40-38-36-34-32-30-28-26-24-22-20-18-16-17-19-21-23-25-27-29-31-33-35-37-39-41-44-46-50-54-58-62-66-72(77)74-70(69-75)71(76)65-61-57-53-49-14-12-10-8-6-4-2/h7,9,13,15-17,61,65,70-71,75-76H,3-6,8,10-12,14,18-60,62-64,66-69H2,1-2H3,(H,74,77)/b9-7-,15-13-,17-16-,65-61+. The highest BCUT2D eigenvalue weighted by Gasteiger charge is 2.18. The minimum absolute atomic E-state index is 0.00673. The van der Waals surface area contributed by atoms with Crippen LogP contribution >= 0.6 is 0 Å². The minimum atomic E-state index is -0.839. The van der Waals surface area contributed by atoms with Gasteiger partial charge < -0.3 is 20.3 Å². The van der Waals surface area contributed by atoms with Crippen LogP contribution in [-0.4, -0.2) is 47.4 Å². The van der Waals surface area contributed by atoms with E-state index in [0.29, 0.717) is 19.4 Å². The molecule has 6 nitrogen and oxygen atoms in total. The van der Waals surface area contributed by atoms with Crippen molar-refractivity contribution in [3.63, 3.8) is 0 Å². The highest BCUT2D eigenvalue weighted by atomic mass is 16.5. The molecule has 0 aliphatic rings. The first kappa shape index (κ1) is 76.8. The summed E-state index contributed by atoms with van der Waals surface area (Å²) in [7, 11) is 0. The molecule has 0 aromatic heterocycles. The maximum atomic E-state index is 12.4. The van der Waals surface area contributed by atoms with Gasteiger partial charge in [-0.2, -0.15) is 0 Å². The Balaban J connectivity index is 3.31. The van der Waals surface area contributed by atoms with E-state index in [0.717, 1.165) is 51.4 Å². The summed E-state index contributed by atoms with van der Waals surface area (Å²) in [5, 5.41) is 23.0. The number of carbonyl (C=O) groups is 2. The first-order valence-corrected chi connectivity index (χ1v) is 35.4. The fourth-order valence-corrected chi connectivity index (χ4v) is 10.9. The van der Waals surface area contributed by atoms with Crippen molar-refractivity contribution in [2.75, 3.05) is 13.2 Å². The van der Waals surface area contributed by atoms with Crippen molar-refractivity contribution in [2.24, 2.45) is 0 Å². The van der Waals surface area contributed by atoms with Gasteiger partial charge in [0.15, 0.2) is 0 Å². The molecule has 0 radical (unpaired) electrons. The Hall–Kier alpha value is -2.18. The van der Waals surface area contributed by atoms with Gasteiger partial charge in [-0.05, 0) is 83.5 Å². The predicted octanol–water partition coefficient (Wildman–Crippen LogP) is 22.9. The van der Waals surface area contributed by atoms with Crippen LogP contribution in [0.1, 0.15) is 380 Å². The van der Waals surface area contributed by atoms with Gasteiger partial charge in [0.1, 0.15) is 0 Å². The molecule has 0 saturated heterocycles. The molecule has 0 heterocycles. The highest BCUT2D eigenvalue weighted by Crippen LogP contribution is 2.18. The summed E-state index contributed by atoms with van der Waals surface area (Å²) in [5.74, 6) is -0.0578. The number of aliphatic hydroxyl groups is 2.